The van der Waals surface area contributed by atoms with E-state index >= 15 is 0 Å². The average Bonchev–Trinajstić information content (AvgIpc) is 2.98. The fourth-order valence-electron chi connectivity index (χ4n) is 3.60. The molecule has 1 aromatic heterocycles. The summed E-state index contributed by atoms with van der Waals surface area (Å²) < 4.78 is 16.4. The Morgan fingerprint density at radius 1 is 1.25 bits per heavy atom. The molecule has 2 heterocycles. The highest BCUT2D eigenvalue weighted by Crippen LogP contribution is 2.44. The lowest BCUT2D eigenvalue weighted by molar-refractivity contribution is 0.0563. The lowest BCUT2D eigenvalue weighted by Crippen LogP contribution is -2.28. The van der Waals surface area contributed by atoms with Crippen LogP contribution in [-0.4, -0.2) is 19.7 Å². The van der Waals surface area contributed by atoms with Crippen molar-refractivity contribution in [2.45, 2.75) is 46.0 Å². The van der Waals surface area contributed by atoms with Crippen LogP contribution in [0.15, 0.2) is 22.6 Å². The topological polar surface area (TPSA) is 48.7 Å². The zero-order chi connectivity index (χ0) is 17.5. The average molecular weight is 328 g/mol. The summed E-state index contributed by atoms with van der Waals surface area (Å²) in [6.07, 6.45) is 1.61. The third kappa shape index (κ3) is 2.81. The number of aryl methyl sites for hydroxylation is 2. The van der Waals surface area contributed by atoms with Crippen LogP contribution in [0.1, 0.15) is 58.8 Å². The van der Waals surface area contributed by atoms with Crippen LogP contribution in [0.5, 0.6) is 5.75 Å². The zero-order valence-electron chi connectivity index (χ0n) is 15.0. The van der Waals surface area contributed by atoms with Crippen molar-refractivity contribution in [2.75, 3.05) is 13.7 Å². The molecular formula is C20H24O4. The van der Waals surface area contributed by atoms with E-state index in [9.17, 15) is 4.79 Å². The van der Waals surface area contributed by atoms with Gasteiger partial charge < -0.3 is 13.9 Å². The maximum atomic E-state index is 11.6. The lowest BCUT2D eigenvalue weighted by atomic mass is 9.75. The minimum absolute atomic E-state index is 0.0977. The molecule has 0 saturated carbocycles. The van der Waals surface area contributed by atoms with E-state index < -0.39 is 5.97 Å². The van der Waals surface area contributed by atoms with E-state index in [2.05, 4.69) is 33.8 Å². The monoisotopic (exact) mass is 328 g/mol. The van der Waals surface area contributed by atoms with Crippen molar-refractivity contribution in [3.05, 3.63) is 52.0 Å². The molecular weight excluding hydrogens is 304 g/mol. The molecule has 0 radical (unpaired) electrons. The molecule has 1 aliphatic heterocycles. The van der Waals surface area contributed by atoms with Gasteiger partial charge in [0.1, 0.15) is 11.5 Å². The second-order valence-corrected chi connectivity index (χ2v) is 7.11. The Kier molecular flexibility index (Phi) is 4.16. The first-order valence-electron chi connectivity index (χ1n) is 8.27. The Bertz CT molecular complexity index is 783. The minimum Gasteiger partial charge on any atom is -0.493 e. The highest BCUT2D eigenvalue weighted by Gasteiger charge is 2.33. The minimum atomic E-state index is -0.457. The molecule has 1 aromatic carbocycles. The van der Waals surface area contributed by atoms with E-state index in [4.69, 9.17) is 13.9 Å². The van der Waals surface area contributed by atoms with Gasteiger partial charge in [0.25, 0.3) is 0 Å². The van der Waals surface area contributed by atoms with Crippen molar-refractivity contribution < 1.29 is 18.7 Å². The Balaban J connectivity index is 2.03. The van der Waals surface area contributed by atoms with Gasteiger partial charge in [0.15, 0.2) is 0 Å². The number of methoxy groups -OCH3 is 1. The van der Waals surface area contributed by atoms with Gasteiger partial charge in [-0.25, -0.2) is 4.79 Å². The molecule has 2 aromatic rings. The van der Waals surface area contributed by atoms with Crippen molar-refractivity contribution in [3.63, 3.8) is 0 Å². The van der Waals surface area contributed by atoms with Crippen molar-refractivity contribution in [1.82, 2.24) is 0 Å². The highest BCUT2D eigenvalue weighted by atomic mass is 16.5. The Morgan fingerprint density at radius 3 is 2.71 bits per heavy atom. The number of carbonyl (C=O) groups is 1. The number of esters is 1. The first-order valence-corrected chi connectivity index (χ1v) is 8.27. The summed E-state index contributed by atoms with van der Waals surface area (Å²) in [5.74, 6) is 1.49. The zero-order valence-corrected chi connectivity index (χ0v) is 15.0. The molecule has 0 unspecified atom stereocenters. The van der Waals surface area contributed by atoms with Gasteiger partial charge in [-0.05, 0) is 48.9 Å². The van der Waals surface area contributed by atoms with Crippen molar-refractivity contribution in [2.24, 2.45) is 0 Å². The molecule has 128 valence electrons. The molecule has 0 atom stereocenters. The standard InChI is InChI=1S/C20H24O4/c1-12-10-13(2)17-18(23-9-8-20(17,3)4)15(12)11-14-6-7-16(24-14)19(21)22-5/h6-7,10H,8-9,11H2,1-5H3. The van der Waals surface area contributed by atoms with Gasteiger partial charge in [-0.2, -0.15) is 0 Å². The van der Waals surface area contributed by atoms with E-state index in [1.807, 2.05) is 6.07 Å². The maximum absolute atomic E-state index is 11.6. The molecule has 4 heteroatoms. The van der Waals surface area contributed by atoms with E-state index in [0.29, 0.717) is 6.42 Å². The summed E-state index contributed by atoms with van der Waals surface area (Å²) in [7, 11) is 1.35. The molecule has 4 nitrogen and oxygen atoms in total. The van der Waals surface area contributed by atoms with Crippen molar-refractivity contribution in [3.8, 4) is 5.75 Å². The smallest absolute Gasteiger partial charge is 0.373 e. The Morgan fingerprint density at radius 2 is 2.00 bits per heavy atom. The largest absolute Gasteiger partial charge is 0.493 e. The normalized spacial score (nSPS) is 15.5. The third-order valence-corrected chi connectivity index (χ3v) is 4.85. The van der Waals surface area contributed by atoms with E-state index in [1.54, 1.807) is 6.07 Å². The predicted molar refractivity (Wildman–Crippen MR) is 91.9 cm³/mol. The molecule has 0 spiro atoms. The number of ether oxygens (including phenoxy) is 2. The molecule has 0 saturated heterocycles. The van der Waals surface area contributed by atoms with Gasteiger partial charge in [-0.15, -0.1) is 0 Å². The van der Waals surface area contributed by atoms with E-state index in [1.165, 1.54) is 23.8 Å². The molecule has 0 bridgehead atoms. The number of fused-ring (bicyclic) bond motifs is 1. The molecule has 1 aliphatic rings. The summed E-state index contributed by atoms with van der Waals surface area (Å²) in [4.78, 5) is 11.6. The van der Waals surface area contributed by atoms with E-state index in [-0.39, 0.29) is 11.2 Å². The first kappa shape index (κ1) is 16.6. The number of rotatable bonds is 3. The molecule has 24 heavy (non-hydrogen) atoms. The molecule has 0 N–H and O–H groups in total. The number of furan rings is 1. The van der Waals surface area contributed by atoms with Crippen LogP contribution < -0.4 is 4.74 Å². The molecule has 0 aliphatic carbocycles. The Hall–Kier alpha value is -2.23. The van der Waals surface area contributed by atoms with Crippen LogP contribution in [0.25, 0.3) is 0 Å². The number of carbonyl (C=O) groups excluding carboxylic acids is 1. The van der Waals surface area contributed by atoms with Gasteiger partial charge in [-0.3, -0.25) is 0 Å². The van der Waals surface area contributed by atoms with Crippen LogP contribution in [0.4, 0.5) is 0 Å². The summed E-state index contributed by atoms with van der Waals surface area (Å²) >= 11 is 0. The number of hydrogen-bond acceptors (Lipinski definition) is 4. The van der Waals surface area contributed by atoms with Crippen molar-refractivity contribution in [1.29, 1.82) is 0 Å². The summed E-state index contributed by atoms with van der Waals surface area (Å²) in [6.45, 7) is 9.50. The number of benzene rings is 1. The van der Waals surface area contributed by atoms with Gasteiger partial charge in [0, 0.05) is 17.5 Å². The second kappa shape index (κ2) is 6.00. The molecule has 0 amide bonds. The quantitative estimate of drug-likeness (QED) is 0.787. The van der Waals surface area contributed by atoms with Gasteiger partial charge in [-0.1, -0.05) is 19.9 Å². The van der Waals surface area contributed by atoms with Crippen LogP contribution in [0.3, 0.4) is 0 Å². The van der Waals surface area contributed by atoms with Gasteiger partial charge in [0.2, 0.25) is 5.76 Å². The summed E-state index contributed by atoms with van der Waals surface area (Å²) in [6, 6.07) is 5.70. The van der Waals surface area contributed by atoms with Gasteiger partial charge >= 0.3 is 5.97 Å². The molecule has 0 fully saturated rings. The van der Waals surface area contributed by atoms with Crippen LogP contribution in [-0.2, 0) is 16.6 Å². The fourth-order valence-corrected chi connectivity index (χ4v) is 3.60. The summed E-state index contributed by atoms with van der Waals surface area (Å²) in [5.41, 5.74) is 4.97. The first-order chi connectivity index (χ1) is 11.3. The van der Waals surface area contributed by atoms with Crippen LogP contribution in [0, 0.1) is 13.8 Å². The lowest BCUT2D eigenvalue weighted by Gasteiger charge is -2.35. The highest BCUT2D eigenvalue weighted by molar-refractivity contribution is 5.86. The summed E-state index contributed by atoms with van der Waals surface area (Å²) in [5, 5.41) is 0. The SMILES string of the molecule is COC(=O)c1ccc(Cc2c(C)cc(C)c3c2OCCC3(C)C)o1. The maximum Gasteiger partial charge on any atom is 0.373 e. The fraction of sp³-hybridized carbons (Fsp3) is 0.450. The van der Waals surface area contributed by atoms with Crippen molar-refractivity contribution >= 4 is 5.97 Å². The van der Waals surface area contributed by atoms with E-state index in [0.717, 1.165) is 30.1 Å². The van der Waals surface area contributed by atoms with Gasteiger partial charge in [0.05, 0.1) is 13.7 Å². The Labute approximate surface area is 142 Å². The molecule has 3 rings (SSSR count). The van der Waals surface area contributed by atoms with Crippen LogP contribution in [0.2, 0.25) is 0 Å². The third-order valence-electron chi connectivity index (χ3n) is 4.85. The number of hydrogen-bond donors (Lipinski definition) is 0. The predicted octanol–water partition coefficient (Wildman–Crippen LogP) is 4.33. The second-order valence-electron chi connectivity index (χ2n) is 7.11. The van der Waals surface area contributed by atoms with Crippen LogP contribution >= 0.6 is 0 Å².